The molecule has 0 spiro atoms. The van der Waals surface area contributed by atoms with Crippen molar-refractivity contribution in [1.29, 1.82) is 0 Å². The minimum absolute atomic E-state index is 0.0475. The smallest absolute Gasteiger partial charge is 0.337 e. The van der Waals surface area contributed by atoms with Gasteiger partial charge < -0.3 is 29.5 Å². The lowest BCUT2D eigenvalue weighted by Crippen LogP contribution is -2.49. The van der Waals surface area contributed by atoms with Crippen LogP contribution in [-0.4, -0.2) is 65.6 Å². The van der Waals surface area contributed by atoms with E-state index in [2.05, 4.69) is 6.92 Å². The number of hydrogen-bond acceptors (Lipinski definition) is 6. The number of carbonyl (C=O) groups is 2. The number of allylic oxidation sites excluding steroid dienone is 1. The number of aliphatic carboxylic acids is 2. The van der Waals surface area contributed by atoms with E-state index in [0.717, 1.165) is 44.9 Å². The zero-order chi connectivity index (χ0) is 24.6. The molecule has 1 rings (SSSR count). The van der Waals surface area contributed by atoms with Crippen LogP contribution < -0.4 is 0 Å². The van der Waals surface area contributed by atoms with Crippen molar-refractivity contribution in [3.05, 3.63) is 12.2 Å². The SMILES string of the molecule is CCCCCCCC1(CCCCCCC=C[C@H](C(=O)O)[C@@](O)(CCOC)C(=O)O)OCCO1. The third-order valence-corrected chi connectivity index (χ3v) is 6.32. The predicted molar refractivity (Wildman–Crippen MR) is 125 cm³/mol. The zero-order valence-corrected chi connectivity index (χ0v) is 20.4. The highest BCUT2D eigenvalue weighted by Gasteiger charge is 2.46. The molecule has 0 bridgehead atoms. The van der Waals surface area contributed by atoms with Crippen LogP contribution in [0.5, 0.6) is 0 Å². The summed E-state index contributed by atoms with van der Waals surface area (Å²) in [6, 6.07) is 0. The largest absolute Gasteiger partial charge is 0.481 e. The number of ether oxygens (including phenoxy) is 3. The van der Waals surface area contributed by atoms with Gasteiger partial charge in [-0.2, -0.15) is 0 Å². The van der Waals surface area contributed by atoms with E-state index in [1.807, 2.05) is 0 Å². The Kier molecular flexibility index (Phi) is 14.5. The van der Waals surface area contributed by atoms with E-state index in [1.165, 1.54) is 38.9 Å². The molecule has 1 aliphatic rings. The Morgan fingerprint density at radius 3 is 2.09 bits per heavy atom. The molecule has 0 aromatic carbocycles. The summed E-state index contributed by atoms with van der Waals surface area (Å²) in [5.41, 5.74) is -2.40. The van der Waals surface area contributed by atoms with E-state index in [-0.39, 0.29) is 13.0 Å². The van der Waals surface area contributed by atoms with Gasteiger partial charge in [-0.05, 0) is 25.7 Å². The summed E-state index contributed by atoms with van der Waals surface area (Å²) >= 11 is 0. The maximum Gasteiger partial charge on any atom is 0.337 e. The molecule has 8 heteroatoms. The fourth-order valence-corrected chi connectivity index (χ4v) is 4.25. The van der Waals surface area contributed by atoms with Gasteiger partial charge in [0.05, 0.1) is 13.2 Å². The van der Waals surface area contributed by atoms with Crippen molar-refractivity contribution in [3.8, 4) is 0 Å². The Hall–Kier alpha value is -1.48. The monoisotopic (exact) mass is 472 g/mol. The lowest BCUT2D eigenvalue weighted by atomic mass is 9.84. The molecule has 1 saturated heterocycles. The number of carboxylic acid groups (broad SMARTS) is 2. The fourth-order valence-electron chi connectivity index (χ4n) is 4.25. The molecule has 0 unspecified atom stereocenters. The summed E-state index contributed by atoms with van der Waals surface area (Å²) < 4.78 is 16.7. The second kappa shape index (κ2) is 16.2. The first-order chi connectivity index (χ1) is 15.8. The van der Waals surface area contributed by atoms with Gasteiger partial charge in [0, 0.05) is 33.0 Å². The van der Waals surface area contributed by atoms with Crippen molar-refractivity contribution in [1.82, 2.24) is 0 Å². The zero-order valence-electron chi connectivity index (χ0n) is 20.4. The van der Waals surface area contributed by atoms with E-state index >= 15 is 0 Å². The van der Waals surface area contributed by atoms with Crippen molar-refractivity contribution in [2.75, 3.05) is 26.9 Å². The van der Waals surface area contributed by atoms with Crippen LogP contribution >= 0.6 is 0 Å². The lowest BCUT2D eigenvalue weighted by molar-refractivity contribution is -0.173. The first-order valence-corrected chi connectivity index (χ1v) is 12.4. The standard InChI is InChI=1S/C25H44O8/c1-3-4-5-9-12-15-24(32-19-20-33-24)16-13-10-7-6-8-11-14-21(22(26)27)25(30,23(28)29)17-18-31-2/h11,14,21,30H,3-10,12-13,15-20H2,1-2H3,(H,26,27)(H,28,29)/t21-,25+/m1/s1. The maximum absolute atomic E-state index is 11.6. The summed E-state index contributed by atoms with van der Waals surface area (Å²) in [4.78, 5) is 23.1. The second-order valence-corrected chi connectivity index (χ2v) is 8.94. The Bertz CT molecular complexity index is 585. The van der Waals surface area contributed by atoms with Gasteiger partial charge in [-0.1, -0.05) is 57.6 Å². The summed E-state index contributed by atoms with van der Waals surface area (Å²) in [7, 11) is 1.37. The molecular formula is C25H44O8. The molecule has 0 aromatic heterocycles. The van der Waals surface area contributed by atoms with Gasteiger partial charge in [0.25, 0.3) is 0 Å². The van der Waals surface area contributed by atoms with Crippen LogP contribution in [0.25, 0.3) is 0 Å². The number of hydrogen-bond donors (Lipinski definition) is 3. The van der Waals surface area contributed by atoms with Gasteiger partial charge in [-0.25, -0.2) is 4.79 Å². The van der Waals surface area contributed by atoms with Gasteiger partial charge in [-0.15, -0.1) is 0 Å². The van der Waals surface area contributed by atoms with Crippen LogP contribution in [0.15, 0.2) is 12.2 Å². The van der Waals surface area contributed by atoms with Crippen molar-refractivity contribution in [2.24, 2.45) is 5.92 Å². The third-order valence-electron chi connectivity index (χ3n) is 6.32. The van der Waals surface area contributed by atoms with Crippen molar-refractivity contribution in [2.45, 2.75) is 102 Å². The maximum atomic E-state index is 11.6. The Morgan fingerprint density at radius 1 is 1.00 bits per heavy atom. The molecule has 1 heterocycles. The number of unbranched alkanes of at least 4 members (excludes halogenated alkanes) is 8. The number of methoxy groups -OCH3 is 1. The highest BCUT2D eigenvalue weighted by atomic mass is 16.7. The summed E-state index contributed by atoms with van der Waals surface area (Å²) in [6.45, 7) is 3.49. The molecule has 8 nitrogen and oxygen atoms in total. The number of rotatable bonds is 20. The van der Waals surface area contributed by atoms with Gasteiger partial charge >= 0.3 is 11.9 Å². The fraction of sp³-hybridized carbons (Fsp3) is 0.840. The molecule has 0 aliphatic carbocycles. The van der Waals surface area contributed by atoms with Crippen LogP contribution in [0, 0.1) is 5.92 Å². The molecule has 192 valence electrons. The average molecular weight is 473 g/mol. The first kappa shape index (κ1) is 29.6. The van der Waals surface area contributed by atoms with Gasteiger partial charge in [0.15, 0.2) is 11.4 Å². The Balaban J connectivity index is 2.36. The molecule has 0 amide bonds. The molecule has 33 heavy (non-hydrogen) atoms. The molecule has 2 atom stereocenters. The number of carboxylic acids is 2. The highest BCUT2D eigenvalue weighted by molar-refractivity contribution is 5.86. The molecular weight excluding hydrogens is 428 g/mol. The van der Waals surface area contributed by atoms with Crippen molar-refractivity contribution in [3.63, 3.8) is 0 Å². The Labute approximate surface area is 198 Å². The summed E-state index contributed by atoms with van der Waals surface area (Å²) in [5, 5.41) is 29.2. The molecule has 1 aliphatic heterocycles. The van der Waals surface area contributed by atoms with Crippen LogP contribution in [0.1, 0.15) is 90.4 Å². The molecule has 1 fully saturated rings. The first-order valence-electron chi connectivity index (χ1n) is 12.4. The second-order valence-electron chi connectivity index (χ2n) is 8.94. The van der Waals surface area contributed by atoms with E-state index in [0.29, 0.717) is 19.6 Å². The quantitative estimate of drug-likeness (QED) is 0.174. The van der Waals surface area contributed by atoms with E-state index < -0.39 is 29.2 Å². The summed E-state index contributed by atoms with van der Waals surface area (Å²) in [5.74, 6) is -4.88. The average Bonchev–Trinajstić information content (AvgIpc) is 3.24. The van der Waals surface area contributed by atoms with Gasteiger partial charge in [0.2, 0.25) is 0 Å². The van der Waals surface area contributed by atoms with E-state index in [9.17, 15) is 24.9 Å². The topological polar surface area (TPSA) is 123 Å². The molecule has 3 N–H and O–H groups in total. The van der Waals surface area contributed by atoms with Crippen LogP contribution in [-0.2, 0) is 23.8 Å². The highest BCUT2D eigenvalue weighted by Crippen LogP contribution is 2.32. The van der Waals surface area contributed by atoms with Crippen LogP contribution in [0.3, 0.4) is 0 Å². The van der Waals surface area contributed by atoms with Crippen LogP contribution in [0.2, 0.25) is 0 Å². The molecule has 0 radical (unpaired) electrons. The van der Waals surface area contributed by atoms with Crippen LogP contribution in [0.4, 0.5) is 0 Å². The normalized spacial score (nSPS) is 18.4. The number of aliphatic hydroxyl groups is 1. The minimum Gasteiger partial charge on any atom is -0.481 e. The lowest BCUT2D eigenvalue weighted by Gasteiger charge is -2.27. The van der Waals surface area contributed by atoms with Gasteiger partial charge in [-0.3, -0.25) is 4.79 Å². The van der Waals surface area contributed by atoms with Gasteiger partial charge in [0.1, 0.15) is 5.92 Å². The third kappa shape index (κ3) is 10.5. The predicted octanol–water partition coefficient (Wildman–Crippen LogP) is 4.54. The Morgan fingerprint density at radius 2 is 1.58 bits per heavy atom. The van der Waals surface area contributed by atoms with Crippen molar-refractivity contribution >= 4 is 11.9 Å². The van der Waals surface area contributed by atoms with Crippen molar-refractivity contribution < 1.29 is 39.1 Å². The molecule has 0 saturated carbocycles. The van der Waals surface area contributed by atoms with E-state index in [4.69, 9.17) is 14.2 Å². The molecule has 0 aromatic rings. The van der Waals surface area contributed by atoms with E-state index in [1.54, 1.807) is 6.08 Å². The summed E-state index contributed by atoms with van der Waals surface area (Å²) in [6.07, 6.45) is 15.1. The minimum atomic E-state index is -2.40.